The van der Waals surface area contributed by atoms with Crippen LogP contribution in [0.2, 0.25) is 0 Å². The molecule has 610 valence electrons. The summed E-state index contributed by atoms with van der Waals surface area (Å²) in [6.45, 7) is 5.79. The number of hydrogen-bond acceptors (Lipinski definition) is 17. The van der Waals surface area contributed by atoms with Crippen LogP contribution in [0.25, 0.3) is 0 Å². The quantitative estimate of drug-likeness (QED) is 0.180. The smallest absolute Gasteiger partial charge is 0.377 e. The molecule has 1 spiro atoms. The molecule has 35 heteroatoms. The topological polar surface area (TPSA) is 343 Å². The highest BCUT2D eigenvalue weighted by molar-refractivity contribution is 6.21. The molecule has 0 unspecified atom stereocenters. The predicted molar refractivity (Wildman–Crippen MR) is 387 cm³/mol. The number of aryl methyl sites for hydroxylation is 1. The molecule has 2 aromatic rings. The standard InChI is InChI=1S/C76H104F5N13O17/c1-13-43(5)62-72(107)87(9)42-59(97)89(11)53-29-18-17-23-34-92(71(53)106)56(39-60(98)111-94-66(101)47-27-21-22-28-48(47)67(94)102)70(105)86(8)41-57(95)82-51(31-30-44-35-49(77)61(50(78)36-44)76(79,80)81)68(103)93-40-46(110-16-4)37-54(93)65(100)84-75(32-24-33-75)74(109)90(12)63(45-25-19-20-26-45)73(108)91(15-3)55(69(104)85(6)7)38-58(96)88(10)52(14-2)64(99)83-62/h21-22,27-28,35-36,43,45-46,51-56,62-63H,13-20,23-26,29-34,37-42H2,1-12H3,(H,82,95)(H,83,99)(H,84,100)/t43-,46+,51-,52-,53-,54-,55-,56-,62-,63-/m0/s1. The van der Waals surface area contributed by atoms with Crippen molar-refractivity contribution in [3.8, 4) is 0 Å². The number of nitrogens with zero attached hydrogens (tertiary/aromatic N) is 10. The van der Waals surface area contributed by atoms with Crippen molar-refractivity contribution in [2.24, 2.45) is 11.8 Å². The summed E-state index contributed by atoms with van der Waals surface area (Å²) in [7, 11) is 9.25. The second-order valence-electron chi connectivity index (χ2n) is 30.0. The van der Waals surface area contributed by atoms with Gasteiger partial charge in [-0.2, -0.15) is 13.2 Å². The molecule has 4 heterocycles. The lowest BCUT2D eigenvalue weighted by Crippen LogP contribution is -2.68. The third kappa shape index (κ3) is 19.4. The summed E-state index contributed by atoms with van der Waals surface area (Å²) in [5.74, 6) is -19.0. The minimum Gasteiger partial charge on any atom is -0.377 e. The van der Waals surface area contributed by atoms with E-state index in [4.69, 9.17) is 9.57 Å². The number of rotatable bonds is 14. The zero-order chi connectivity index (χ0) is 82.0. The number of hydrogen-bond donors (Lipinski definition) is 3. The lowest BCUT2D eigenvalue weighted by atomic mass is 9.74. The minimum atomic E-state index is -5.47. The van der Waals surface area contributed by atoms with Crippen molar-refractivity contribution >= 4 is 88.7 Å². The van der Waals surface area contributed by atoms with Gasteiger partial charge in [0.2, 0.25) is 70.9 Å². The van der Waals surface area contributed by atoms with Gasteiger partial charge in [-0.1, -0.05) is 70.1 Å². The summed E-state index contributed by atoms with van der Waals surface area (Å²) < 4.78 is 78.2. The maximum Gasteiger partial charge on any atom is 0.422 e. The van der Waals surface area contributed by atoms with E-state index >= 15 is 37.5 Å². The van der Waals surface area contributed by atoms with Crippen LogP contribution in [0.3, 0.4) is 0 Å². The van der Waals surface area contributed by atoms with E-state index in [0.717, 1.165) is 36.4 Å². The van der Waals surface area contributed by atoms with Gasteiger partial charge in [0, 0.05) is 82.0 Å². The fourth-order valence-electron chi connectivity index (χ4n) is 15.9. The Morgan fingerprint density at radius 3 is 1.85 bits per heavy atom. The van der Waals surface area contributed by atoms with E-state index in [1.807, 2.05) is 0 Å². The Hall–Kier alpha value is -9.70. The van der Waals surface area contributed by atoms with E-state index in [9.17, 15) is 56.3 Å². The Balaban J connectivity index is 1.22. The number of amides is 14. The number of carbonyl (C=O) groups is 15. The number of nitrogens with one attached hydrogen (secondary N) is 3. The molecule has 5 fully saturated rings. The number of ether oxygens (including phenoxy) is 1. The van der Waals surface area contributed by atoms with Crippen molar-refractivity contribution in [3.05, 3.63) is 70.3 Å². The first-order chi connectivity index (χ1) is 52.4. The number of halogens is 5. The van der Waals surface area contributed by atoms with Crippen molar-refractivity contribution in [1.82, 2.24) is 65.1 Å². The summed E-state index contributed by atoms with van der Waals surface area (Å²) in [5, 5.41) is 8.39. The number of benzene rings is 2. The van der Waals surface area contributed by atoms with Crippen LogP contribution in [0.1, 0.15) is 176 Å². The molecule has 3 saturated heterocycles. The Labute approximate surface area is 641 Å². The van der Waals surface area contributed by atoms with Crippen molar-refractivity contribution in [1.29, 1.82) is 0 Å². The zero-order valence-electron chi connectivity index (χ0n) is 65.1. The van der Waals surface area contributed by atoms with Gasteiger partial charge in [0.25, 0.3) is 11.8 Å². The number of carbonyl (C=O) groups excluding carboxylic acids is 15. The van der Waals surface area contributed by atoms with Crippen LogP contribution in [-0.4, -0.2) is 286 Å². The van der Waals surface area contributed by atoms with Gasteiger partial charge in [0.05, 0.1) is 43.2 Å². The highest BCUT2D eigenvalue weighted by atomic mass is 19.4. The highest BCUT2D eigenvalue weighted by Crippen LogP contribution is 2.40. The van der Waals surface area contributed by atoms with Crippen LogP contribution in [0.15, 0.2) is 36.4 Å². The first-order valence-corrected chi connectivity index (χ1v) is 38.0. The number of alkyl halides is 3. The molecule has 10 atom stereocenters. The summed E-state index contributed by atoms with van der Waals surface area (Å²) in [5.41, 5.74) is -4.59. The van der Waals surface area contributed by atoms with E-state index in [0.29, 0.717) is 63.5 Å². The molecule has 2 aliphatic carbocycles. The lowest BCUT2D eigenvalue weighted by Gasteiger charge is -2.47. The molecule has 111 heavy (non-hydrogen) atoms. The van der Waals surface area contributed by atoms with Gasteiger partial charge < -0.3 is 69.6 Å². The fourth-order valence-corrected chi connectivity index (χ4v) is 15.9. The fraction of sp³-hybridized carbons (Fsp3) is 0.645. The lowest BCUT2D eigenvalue weighted by molar-refractivity contribution is -0.172. The number of hydroxylamine groups is 2. The average molecular weight is 1570 g/mol. The first kappa shape index (κ1) is 86.9. The summed E-state index contributed by atoms with van der Waals surface area (Å²) in [6.07, 6.45) is -5.84. The average Bonchev–Trinajstić information content (AvgIpc) is 1.72. The van der Waals surface area contributed by atoms with Crippen LogP contribution < -0.4 is 16.0 Å². The van der Waals surface area contributed by atoms with Crippen molar-refractivity contribution in [3.63, 3.8) is 0 Å². The second kappa shape index (κ2) is 37.1. The molecule has 8 rings (SSSR count). The van der Waals surface area contributed by atoms with Crippen LogP contribution in [0.5, 0.6) is 0 Å². The largest absolute Gasteiger partial charge is 0.422 e. The molecule has 14 amide bonds. The Morgan fingerprint density at radius 2 is 1.29 bits per heavy atom. The van der Waals surface area contributed by atoms with E-state index in [1.54, 1.807) is 34.6 Å². The molecule has 2 bridgehead atoms. The number of likely N-dealkylation sites (N-methyl/N-ethyl adjacent to an activating group) is 7. The number of imide groups is 1. The molecular weight excluding hydrogens is 1460 g/mol. The van der Waals surface area contributed by atoms with Crippen molar-refractivity contribution in [2.45, 2.75) is 216 Å². The van der Waals surface area contributed by atoms with Crippen LogP contribution in [0, 0.1) is 23.5 Å². The van der Waals surface area contributed by atoms with Crippen LogP contribution in [0.4, 0.5) is 22.0 Å². The monoisotopic (exact) mass is 1570 g/mol. The Morgan fingerprint density at radius 1 is 0.676 bits per heavy atom. The summed E-state index contributed by atoms with van der Waals surface area (Å²) in [6, 6.07) is -5.90. The molecule has 2 saturated carbocycles. The normalized spacial score (nSPS) is 25.8. The van der Waals surface area contributed by atoms with Crippen LogP contribution in [-0.2, 0) is 84.5 Å². The van der Waals surface area contributed by atoms with E-state index in [1.165, 1.54) is 81.3 Å². The van der Waals surface area contributed by atoms with Crippen LogP contribution >= 0.6 is 0 Å². The van der Waals surface area contributed by atoms with Gasteiger partial charge in [-0.15, -0.1) is 0 Å². The number of fused-ring (bicyclic) bond motifs is 4. The maximum absolute atomic E-state index is 15.7. The Bertz CT molecular complexity index is 3830. The highest BCUT2D eigenvalue weighted by Gasteiger charge is 2.54. The van der Waals surface area contributed by atoms with Crippen molar-refractivity contribution < 1.29 is 103 Å². The zero-order valence-corrected chi connectivity index (χ0v) is 65.1. The third-order valence-electron chi connectivity index (χ3n) is 22.5. The van der Waals surface area contributed by atoms with Gasteiger partial charge in [-0.3, -0.25) is 67.1 Å². The molecule has 3 N–H and O–H groups in total. The van der Waals surface area contributed by atoms with Gasteiger partial charge in [0.15, 0.2) is 0 Å². The maximum atomic E-state index is 15.7. The molecular formula is C76H104F5N13O17. The van der Waals surface area contributed by atoms with Crippen molar-refractivity contribution in [2.75, 3.05) is 88.7 Å². The Kier molecular flexibility index (Phi) is 29.0. The second-order valence-corrected chi connectivity index (χ2v) is 30.0. The van der Waals surface area contributed by atoms with Gasteiger partial charge in [-0.05, 0) is 120 Å². The van der Waals surface area contributed by atoms with E-state index in [2.05, 4.69) is 16.0 Å². The van der Waals surface area contributed by atoms with Gasteiger partial charge in [0.1, 0.15) is 71.1 Å². The van der Waals surface area contributed by atoms with Gasteiger partial charge >= 0.3 is 12.1 Å². The molecule has 2 aromatic carbocycles. The molecule has 30 nitrogen and oxygen atoms in total. The third-order valence-corrected chi connectivity index (χ3v) is 22.5. The minimum absolute atomic E-state index is 0.0194. The SMILES string of the molecule is CCO[C@@H]1C[C@H]2C(=O)NC3(CCC3)C(=O)N(C)[C@@H](C3CCCC3)C(=O)N(CC)[C@H](C(=O)N(C)C)CC(=O)N(C)[C@@H](CC)C(=O)N[C@@H]([C@@H](C)CC)C(=O)N(C)CC(=O)N(C)[C@H]3CCCCCN(C3=O)[C@@H](CC(=O)ON3C(=O)c4ccccc4C3=O)C(=O)N(C)CC(=O)N[C@@H](CCc3cc(F)c(C(F)(F)F)c(F)c3)C(=O)N2C1. The summed E-state index contributed by atoms with van der Waals surface area (Å²) >= 11 is 0. The molecule has 0 radical (unpaired) electrons. The molecule has 4 aliphatic heterocycles. The molecule has 6 aliphatic rings. The van der Waals surface area contributed by atoms with E-state index < -0.39 is 228 Å². The first-order valence-electron chi connectivity index (χ1n) is 38.0. The molecule has 0 aromatic heterocycles. The van der Waals surface area contributed by atoms with Gasteiger partial charge in [-0.25, -0.2) is 13.6 Å². The summed E-state index contributed by atoms with van der Waals surface area (Å²) in [4.78, 5) is 237. The predicted octanol–water partition coefficient (Wildman–Crippen LogP) is 3.60. The van der Waals surface area contributed by atoms with E-state index in [-0.39, 0.29) is 81.0 Å².